The number of nitrogens with one attached hydrogen (secondary N) is 2. The SMILES string of the molecule is Cc1cc(-c2n[nH]c3ccc(C(=O)NC4CCCC(O)(Cc5ccccc5O)C4)cc23)ccn1. The summed E-state index contributed by atoms with van der Waals surface area (Å²) in [6.07, 6.45) is 4.82. The zero-order valence-electron chi connectivity index (χ0n) is 19.1. The highest BCUT2D eigenvalue weighted by Gasteiger charge is 2.35. The Bertz CT molecular complexity index is 1350. The number of rotatable bonds is 5. The Morgan fingerprint density at radius 3 is 2.88 bits per heavy atom. The number of benzene rings is 2. The second-order valence-corrected chi connectivity index (χ2v) is 9.32. The molecule has 2 atom stereocenters. The summed E-state index contributed by atoms with van der Waals surface area (Å²) in [5.41, 5.74) is 3.79. The van der Waals surface area contributed by atoms with E-state index in [2.05, 4.69) is 20.5 Å². The van der Waals surface area contributed by atoms with Gasteiger partial charge < -0.3 is 15.5 Å². The number of para-hydroxylation sites is 1. The Balaban J connectivity index is 1.33. The fraction of sp³-hybridized carbons (Fsp3) is 0.296. The molecule has 7 heteroatoms. The van der Waals surface area contributed by atoms with Gasteiger partial charge in [0.1, 0.15) is 11.4 Å². The maximum absolute atomic E-state index is 13.1. The Labute approximate surface area is 197 Å². The van der Waals surface area contributed by atoms with Crippen LogP contribution in [0.15, 0.2) is 60.8 Å². The first-order valence-electron chi connectivity index (χ1n) is 11.6. The first-order chi connectivity index (χ1) is 16.4. The maximum Gasteiger partial charge on any atom is 0.251 e. The van der Waals surface area contributed by atoms with Gasteiger partial charge in [-0.1, -0.05) is 18.2 Å². The maximum atomic E-state index is 13.1. The fourth-order valence-electron chi connectivity index (χ4n) is 4.98. The number of phenols is 1. The minimum Gasteiger partial charge on any atom is -0.508 e. The predicted molar refractivity (Wildman–Crippen MR) is 131 cm³/mol. The topological polar surface area (TPSA) is 111 Å². The molecule has 7 nitrogen and oxygen atoms in total. The van der Waals surface area contributed by atoms with Crippen LogP contribution in [0, 0.1) is 6.92 Å². The normalized spacial score (nSPS) is 20.4. The van der Waals surface area contributed by atoms with Gasteiger partial charge in [0.2, 0.25) is 0 Å². The monoisotopic (exact) mass is 456 g/mol. The molecule has 174 valence electrons. The summed E-state index contributed by atoms with van der Waals surface area (Å²) in [6.45, 7) is 1.93. The molecule has 2 heterocycles. The van der Waals surface area contributed by atoms with Gasteiger partial charge in [-0.2, -0.15) is 5.10 Å². The fourth-order valence-corrected chi connectivity index (χ4v) is 4.98. The van der Waals surface area contributed by atoms with Crippen molar-refractivity contribution in [3.8, 4) is 17.0 Å². The second kappa shape index (κ2) is 8.91. The van der Waals surface area contributed by atoms with E-state index in [9.17, 15) is 15.0 Å². The van der Waals surface area contributed by atoms with Crippen molar-refractivity contribution < 1.29 is 15.0 Å². The number of amides is 1. The lowest BCUT2D eigenvalue weighted by atomic mass is 9.78. The van der Waals surface area contributed by atoms with Crippen molar-refractivity contribution in [3.05, 3.63) is 77.6 Å². The molecule has 4 aromatic rings. The van der Waals surface area contributed by atoms with E-state index in [1.807, 2.05) is 43.3 Å². The van der Waals surface area contributed by atoms with Crippen molar-refractivity contribution in [2.75, 3.05) is 0 Å². The van der Waals surface area contributed by atoms with E-state index >= 15 is 0 Å². The molecule has 0 aliphatic heterocycles. The summed E-state index contributed by atoms with van der Waals surface area (Å²) in [6, 6.07) is 16.3. The molecule has 0 bridgehead atoms. The summed E-state index contributed by atoms with van der Waals surface area (Å²) >= 11 is 0. The number of aromatic nitrogens is 3. The average Bonchev–Trinajstić information content (AvgIpc) is 3.24. The number of hydrogen-bond donors (Lipinski definition) is 4. The molecule has 0 saturated heterocycles. The summed E-state index contributed by atoms with van der Waals surface area (Å²) in [5, 5.41) is 32.8. The number of pyridine rings is 1. The van der Waals surface area contributed by atoms with Gasteiger partial charge in [-0.25, -0.2) is 0 Å². The van der Waals surface area contributed by atoms with Crippen LogP contribution in [-0.2, 0) is 6.42 Å². The third-order valence-electron chi connectivity index (χ3n) is 6.66. The van der Waals surface area contributed by atoms with Gasteiger partial charge in [-0.3, -0.25) is 14.9 Å². The Hall–Kier alpha value is -3.71. The Morgan fingerprint density at radius 1 is 1.21 bits per heavy atom. The lowest BCUT2D eigenvalue weighted by molar-refractivity contribution is -0.00663. The van der Waals surface area contributed by atoms with Crippen molar-refractivity contribution in [2.45, 2.75) is 50.7 Å². The molecule has 34 heavy (non-hydrogen) atoms. The van der Waals surface area contributed by atoms with Crippen molar-refractivity contribution in [1.29, 1.82) is 0 Å². The number of carbonyl (C=O) groups is 1. The third-order valence-corrected chi connectivity index (χ3v) is 6.66. The number of aliphatic hydroxyl groups is 1. The highest BCUT2D eigenvalue weighted by atomic mass is 16.3. The molecular formula is C27H28N4O3. The number of aromatic hydroxyl groups is 1. The number of hydrogen-bond acceptors (Lipinski definition) is 5. The quantitative estimate of drug-likeness (QED) is 0.358. The summed E-state index contributed by atoms with van der Waals surface area (Å²) in [7, 11) is 0. The highest BCUT2D eigenvalue weighted by Crippen LogP contribution is 2.34. The van der Waals surface area contributed by atoms with Crippen LogP contribution in [0.4, 0.5) is 0 Å². The van der Waals surface area contributed by atoms with Gasteiger partial charge in [-0.05, 0) is 74.6 Å². The van der Waals surface area contributed by atoms with Crippen molar-refractivity contribution >= 4 is 16.8 Å². The minimum atomic E-state index is -0.962. The molecule has 1 aliphatic carbocycles. The van der Waals surface area contributed by atoms with Crippen molar-refractivity contribution in [1.82, 2.24) is 20.5 Å². The molecule has 1 fully saturated rings. The van der Waals surface area contributed by atoms with E-state index in [0.717, 1.165) is 46.3 Å². The summed E-state index contributed by atoms with van der Waals surface area (Å²) < 4.78 is 0. The van der Waals surface area contributed by atoms with Crippen LogP contribution >= 0.6 is 0 Å². The molecule has 4 N–H and O–H groups in total. The van der Waals surface area contributed by atoms with E-state index in [1.54, 1.807) is 24.4 Å². The van der Waals surface area contributed by atoms with E-state index in [-0.39, 0.29) is 17.7 Å². The van der Waals surface area contributed by atoms with Crippen LogP contribution in [0.1, 0.15) is 47.3 Å². The number of phenolic OH excluding ortho intramolecular Hbond substituents is 1. The van der Waals surface area contributed by atoms with Crippen LogP contribution < -0.4 is 5.32 Å². The van der Waals surface area contributed by atoms with Gasteiger partial charge in [0.05, 0.1) is 11.1 Å². The van der Waals surface area contributed by atoms with Gasteiger partial charge in [-0.15, -0.1) is 0 Å². The third kappa shape index (κ3) is 4.52. The molecule has 1 saturated carbocycles. The molecule has 1 aliphatic rings. The number of aryl methyl sites for hydroxylation is 1. The van der Waals surface area contributed by atoms with E-state index in [4.69, 9.17) is 0 Å². The molecule has 1 amide bonds. The van der Waals surface area contributed by atoms with E-state index in [0.29, 0.717) is 24.8 Å². The van der Waals surface area contributed by atoms with Gasteiger partial charge >= 0.3 is 0 Å². The first-order valence-corrected chi connectivity index (χ1v) is 11.6. The van der Waals surface area contributed by atoms with Gasteiger partial charge in [0.25, 0.3) is 5.91 Å². The van der Waals surface area contributed by atoms with Crippen LogP contribution in [0.5, 0.6) is 5.75 Å². The van der Waals surface area contributed by atoms with Crippen molar-refractivity contribution in [3.63, 3.8) is 0 Å². The van der Waals surface area contributed by atoms with E-state index < -0.39 is 5.60 Å². The first kappa shape index (κ1) is 22.1. The number of aromatic amines is 1. The van der Waals surface area contributed by atoms with E-state index in [1.165, 1.54) is 0 Å². The van der Waals surface area contributed by atoms with Crippen LogP contribution in [0.2, 0.25) is 0 Å². The molecule has 2 aromatic carbocycles. The number of carbonyl (C=O) groups excluding carboxylic acids is 1. The zero-order chi connectivity index (χ0) is 23.7. The molecule has 5 rings (SSSR count). The predicted octanol–water partition coefficient (Wildman–Crippen LogP) is 4.29. The molecule has 0 spiro atoms. The molecule has 2 unspecified atom stereocenters. The summed E-state index contributed by atoms with van der Waals surface area (Å²) in [4.78, 5) is 17.4. The van der Waals surface area contributed by atoms with Crippen LogP contribution in [0.3, 0.4) is 0 Å². The number of fused-ring (bicyclic) bond motifs is 1. The molecule has 0 radical (unpaired) electrons. The lowest BCUT2D eigenvalue weighted by Crippen LogP contribution is -2.46. The molecular weight excluding hydrogens is 428 g/mol. The Morgan fingerprint density at radius 2 is 2.06 bits per heavy atom. The smallest absolute Gasteiger partial charge is 0.251 e. The highest BCUT2D eigenvalue weighted by molar-refractivity contribution is 6.01. The summed E-state index contributed by atoms with van der Waals surface area (Å²) in [5.74, 6) is 0.0208. The average molecular weight is 457 g/mol. The van der Waals surface area contributed by atoms with Gasteiger partial charge in [0.15, 0.2) is 0 Å². The van der Waals surface area contributed by atoms with Gasteiger partial charge in [0, 0.05) is 40.9 Å². The van der Waals surface area contributed by atoms with Crippen molar-refractivity contribution in [2.24, 2.45) is 0 Å². The molecule has 2 aromatic heterocycles. The standard InChI is InChI=1S/C27H28N4O3/c1-17-13-18(10-12-28-17)25-22-14-19(8-9-23(22)30-31-25)26(33)29-21-6-4-11-27(34,16-21)15-20-5-2-3-7-24(20)32/h2-3,5,7-10,12-14,21,32,34H,4,6,11,15-16H2,1H3,(H,29,33)(H,30,31). The Kier molecular flexibility index (Phi) is 5.79. The largest absolute Gasteiger partial charge is 0.508 e. The van der Waals surface area contributed by atoms with Crippen LogP contribution in [0.25, 0.3) is 22.2 Å². The number of H-pyrrole nitrogens is 1. The second-order valence-electron chi connectivity index (χ2n) is 9.32. The number of nitrogens with zero attached hydrogens (tertiary/aromatic N) is 2. The minimum absolute atomic E-state index is 0.139. The zero-order valence-corrected chi connectivity index (χ0v) is 19.1. The lowest BCUT2D eigenvalue weighted by Gasteiger charge is -2.37. The van der Waals surface area contributed by atoms with Crippen LogP contribution in [-0.4, -0.2) is 42.9 Å².